The summed E-state index contributed by atoms with van der Waals surface area (Å²) in [4.78, 5) is 3.95. The van der Waals surface area contributed by atoms with Crippen LogP contribution in [0.25, 0.3) is 0 Å². The summed E-state index contributed by atoms with van der Waals surface area (Å²) in [6.07, 6.45) is 3.16. The Kier molecular flexibility index (Phi) is 4.67. The maximum atomic E-state index is 5.58. The normalized spacial score (nSPS) is 10.8. The summed E-state index contributed by atoms with van der Waals surface area (Å²) in [5.41, 5.74) is 1.93. The van der Waals surface area contributed by atoms with Crippen molar-refractivity contribution in [2.24, 2.45) is 0 Å². The van der Waals surface area contributed by atoms with E-state index in [1.54, 1.807) is 32.3 Å². The lowest BCUT2D eigenvalue weighted by Gasteiger charge is -2.21. The quantitative estimate of drug-likeness (QED) is 0.818. The lowest BCUT2D eigenvalue weighted by molar-refractivity contribution is 0.337. The summed E-state index contributed by atoms with van der Waals surface area (Å²) in [6, 6.07) is 1.97. The SMILES string of the molecule is COc1cc(Cn2cncn2)c(OC)c(OC)c1C(C)C. The molecular formula is C15H21N3O3. The van der Waals surface area contributed by atoms with Crippen LogP contribution in [0.1, 0.15) is 30.9 Å². The molecule has 2 aromatic rings. The Labute approximate surface area is 124 Å². The van der Waals surface area contributed by atoms with Crippen molar-refractivity contribution in [3.8, 4) is 17.2 Å². The van der Waals surface area contributed by atoms with Gasteiger partial charge < -0.3 is 14.2 Å². The van der Waals surface area contributed by atoms with Crippen LogP contribution in [0.2, 0.25) is 0 Å². The van der Waals surface area contributed by atoms with Crippen LogP contribution in [-0.4, -0.2) is 36.1 Å². The molecule has 0 N–H and O–H groups in total. The number of nitrogens with zero attached hydrogens (tertiary/aromatic N) is 3. The van der Waals surface area contributed by atoms with Gasteiger partial charge in [0, 0.05) is 11.1 Å². The fraction of sp³-hybridized carbons (Fsp3) is 0.467. The lowest BCUT2D eigenvalue weighted by Crippen LogP contribution is -2.07. The van der Waals surface area contributed by atoms with Crippen molar-refractivity contribution in [3.63, 3.8) is 0 Å². The molecule has 2 rings (SSSR count). The molecule has 0 radical (unpaired) electrons. The van der Waals surface area contributed by atoms with Crippen LogP contribution in [0.15, 0.2) is 18.7 Å². The summed E-state index contributed by atoms with van der Waals surface area (Å²) in [5, 5.41) is 4.12. The van der Waals surface area contributed by atoms with E-state index in [4.69, 9.17) is 14.2 Å². The Morgan fingerprint density at radius 1 is 1.10 bits per heavy atom. The number of methoxy groups -OCH3 is 3. The van der Waals surface area contributed by atoms with Gasteiger partial charge in [-0.2, -0.15) is 5.10 Å². The van der Waals surface area contributed by atoms with Crippen LogP contribution in [0.5, 0.6) is 17.2 Å². The minimum atomic E-state index is 0.254. The Morgan fingerprint density at radius 3 is 2.29 bits per heavy atom. The van der Waals surface area contributed by atoms with Gasteiger partial charge in [0.2, 0.25) is 0 Å². The van der Waals surface area contributed by atoms with Gasteiger partial charge >= 0.3 is 0 Å². The van der Waals surface area contributed by atoms with E-state index < -0.39 is 0 Å². The molecule has 0 bridgehead atoms. The second-order valence-electron chi connectivity index (χ2n) is 4.97. The Morgan fingerprint density at radius 2 is 1.81 bits per heavy atom. The van der Waals surface area contributed by atoms with Gasteiger partial charge in [0.15, 0.2) is 11.5 Å². The van der Waals surface area contributed by atoms with E-state index in [0.29, 0.717) is 18.0 Å². The zero-order valence-corrected chi connectivity index (χ0v) is 13.1. The third-order valence-corrected chi connectivity index (χ3v) is 3.32. The molecule has 0 saturated carbocycles. The molecule has 0 saturated heterocycles. The van der Waals surface area contributed by atoms with Gasteiger partial charge in [-0.3, -0.25) is 0 Å². The van der Waals surface area contributed by atoms with Crippen molar-refractivity contribution in [1.82, 2.24) is 14.8 Å². The minimum absolute atomic E-state index is 0.254. The smallest absolute Gasteiger partial charge is 0.168 e. The summed E-state index contributed by atoms with van der Waals surface area (Å²) in [7, 11) is 4.94. The van der Waals surface area contributed by atoms with Crippen molar-refractivity contribution < 1.29 is 14.2 Å². The van der Waals surface area contributed by atoms with Gasteiger partial charge in [-0.05, 0) is 12.0 Å². The third-order valence-electron chi connectivity index (χ3n) is 3.32. The molecule has 1 aromatic heterocycles. The molecule has 6 nitrogen and oxygen atoms in total. The van der Waals surface area contributed by atoms with Crippen LogP contribution in [0.3, 0.4) is 0 Å². The molecule has 0 spiro atoms. The van der Waals surface area contributed by atoms with E-state index >= 15 is 0 Å². The minimum Gasteiger partial charge on any atom is -0.496 e. The van der Waals surface area contributed by atoms with Crippen LogP contribution in [-0.2, 0) is 6.54 Å². The molecule has 0 aliphatic carbocycles. The van der Waals surface area contributed by atoms with E-state index in [0.717, 1.165) is 16.9 Å². The number of rotatable bonds is 6. The maximum Gasteiger partial charge on any atom is 0.168 e. The standard InChI is InChI=1S/C15H21N3O3/c1-10(2)13-12(19-3)6-11(7-18-9-16-8-17-18)14(20-4)15(13)21-5/h6,8-10H,7H2,1-5H3. The van der Waals surface area contributed by atoms with Gasteiger partial charge in [0.05, 0.1) is 27.9 Å². The molecular weight excluding hydrogens is 270 g/mol. The lowest BCUT2D eigenvalue weighted by atomic mass is 9.97. The first kappa shape index (κ1) is 15.2. The van der Waals surface area contributed by atoms with E-state index in [2.05, 4.69) is 23.9 Å². The van der Waals surface area contributed by atoms with Crippen molar-refractivity contribution in [1.29, 1.82) is 0 Å². The molecule has 1 aromatic carbocycles. The summed E-state index contributed by atoms with van der Waals surface area (Å²) in [6.45, 7) is 4.72. The van der Waals surface area contributed by atoms with Gasteiger partial charge in [-0.1, -0.05) is 13.8 Å². The zero-order chi connectivity index (χ0) is 15.4. The van der Waals surface area contributed by atoms with E-state index in [9.17, 15) is 0 Å². The monoisotopic (exact) mass is 291 g/mol. The fourth-order valence-corrected chi connectivity index (χ4v) is 2.43. The van der Waals surface area contributed by atoms with Gasteiger partial charge in [0.1, 0.15) is 18.4 Å². The molecule has 21 heavy (non-hydrogen) atoms. The number of aromatic nitrogens is 3. The number of hydrogen-bond donors (Lipinski definition) is 0. The third kappa shape index (κ3) is 2.94. The molecule has 0 unspecified atom stereocenters. The van der Waals surface area contributed by atoms with Crippen molar-refractivity contribution >= 4 is 0 Å². The highest BCUT2D eigenvalue weighted by Gasteiger charge is 2.22. The molecule has 0 fully saturated rings. The molecule has 0 aliphatic heterocycles. The summed E-state index contributed by atoms with van der Waals surface area (Å²) < 4.78 is 18.4. The fourth-order valence-electron chi connectivity index (χ4n) is 2.43. The Bertz CT molecular complexity index is 595. The first-order chi connectivity index (χ1) is 10.1. The van der Waals surface area contributed by atoms with Crippen LogP contribution in [0.4, 0.5) is 0 Å². The molecule has 6 heteroatoms. The second kappa shape index (κ2) is 6.47. The average Bonchev–Trinajstić information content (AvgIpc) is 2.98. The first-order valence-corrected chi connectivity index (χ1v) is 6.76. The zero-order valence-electron chi connectivity index (χ0n) is 13.1. The molecule has 0 amide bonds. The van der Waals surface area contributed by atoms with E-state index in [1.807, 2.05) is 6.07 Å². The average molecular weight is 291 g/mol. The second-order valence-corrected chi connectivity index (χ2v) is 4.97. The highest BCUT2D eigenvalue weighted by molar-refractivity contribution is 5.59. The van der Waals surface area contributed by atoms with Gasteiger partial charge in [0.25, 0.3) is 0 Å². The maximum absolute atomic E-state index is 5.58. The van der Waals surface area contributed by atoms with Crippen molar-refractivity contribution in [3.05, 3.63) is 29.8 Å². The molecule has 0 aliphatic rings. The predicted molar refractivity (Wildman–Crippen MR) is 79.3 cm³/mol. The molecule has 1 heterocycles. The van der Waals surface area contributed by atoms with E-state index in [1.165, 1.54) is 6.33 Å². The molecule has 114 valence electrons. The van der Waals surface area contributed by atoms with E-state index in [-0.39, 0.29) is 5.92 Å². The van der Waals surface area contributed by atoms with Crippen molar-refractivity contribution in [2.45, 2.75) is 26.3 Å². The van der Waals surface area contributed by atoms with Gasteiger partial charge in [-0.15, -0.1) is 0 Å². The van der Waals surface area contributed by atoms with Crippen LogP contribution in [0, 0.1) is 0 Å². The number of hydrogen-bond acceptors (Lipinski definition) is 5. The highest BCUT2D eigenvalue weighted by atomic mass is 16.5. The van der Waals surface area contributed by atoms with Gasteiger partial charge in [-0.25, -0.2) is 9.67 Å². The van der Waals surface area contributed by atoms with Crippen LogP contribution >= 0.6 is 0 Å². The summed E-state index contributed by atoms with van der Waals surface area (Å²) >= 11 is 0. The number of ether oxygens (including phenoxy) is 3. The Hall–Kier alpha value is -2.24. The van der Waals surface area contributed by atoms with Crippen molar-refractivity contribution in [2.75, 3.05) is 21.3 Å². The molecule has 0 atom stereocenters. The van der Waals surface area contributed by atoms with Crippen LogP contribution < -0.4 is 14.2 Å². The summed E-state index contributed by atoms with van der Waals surface area (Å²) in [5.74, 6) is 2.46. The first-order valence-electron chi connectivity index (χ1n) is 6.76. The Balaban J connectivity index is 2.59. The predicted octanol–water partition coefficient (Wildman–Crippen LogP) is 2.48. The largest absolute Gasteiger partial charge is 0.496 e. The topological polar surface area (TPSA) is 58.4 Å². The highest BCUT2D eigenvalue weighted by Crippen LogP contribution is 2.44. The number of benzene rings is 1.